The summed E-state index contributed by atoms with van der Waals surface area (Å²) in [6, 6.07) is 5.25. The van der Waals surface area contributed by atoms with Crippen molar-refractivity contribution in [1.29, 1.82) is 0 Å². The van der Waals surface area contributed by atoms with Gasteiger partial charge in [-0.3, -0.25) is 10.9 Å². The van der Waals surface area contributed by atoms with Crippen LogP contribution in [-0.2, 0) is 4.74 Å². The number of hydrogen-bond acceptors (Lipinski definition) is 3. The van der Waals surface area contributed by atoms with Gasteiger partial charge in [-0.05, 0) is 43.3 Å². The summed E-state index contributed by atoms with van der Waals surface area (Å²) in [6.45, 7) is 1.56. The van der Waals surface area contributed by atoms with Crippen molar-refractivity contribution >= 4 is 46.2 Å². The van der Waals surface area contributed by atoms with Crippen LogP contribution in [0.3, 0.4) is 0 Å². The minimum atomic E-state index is 0.254. The van der Waals surface area contributed by atoms with Crippen LogP contribution in [0, 0.1) is 0 Å². The summed E-state index contributed by atoms with van der Waals surface area (Å²) in [5.74, 6) is 0. The first-order valence-corrected chi connectivity index (χ1v) is 7.18. The lowest BCUT2D eigenvalue weighted by Gasteiger charge is -2.15. The van der Waals surface area contributed by atoms with Gasteiger partial charge < -0.3 is 10.1 Å². The largest absolute Gasteiger partial charge is 0.376 e. The van der Waals surface area contributed by atoms with Crippen molar-refractivity contribution in [2.75, 3.05) is 18.6 Å². The van der Waals surface area contributed by atoms with Gasteiger partial charge in [0.1, 0.15) is 0 Å². The molecule has 0 unspecified atom stereocenters. The van der Waals surface area contributed by atoms with E-state index in [4.69, 9.17) is 40.2 Å². The Labute approximate surface area is 127 Å². The highest BCUT2D eigenvalue weighted by Gasteiger charge is 2.15. The van der Waals surface area contributed by atoms with Gasteiger partial charge in [0, 0.05) is 13.2 Å². The van der Waals surface area contributed by atoms with Crippen molar-refractivity contribution in [3.05, 3.63) is 28.2 Å². The van der Waals surface area contributed by atoms with E-state index in [1.165, 1.54) is 0 Å². The SMILES string of the molecule is S=C(NC[C@@H]1CCCO1)NNc1ccc(Cl)c(Cl)c1. The fraction of sp³-hybridized carbons (Fsp3) is 0.417. The zero-order valence-electron chi connectivity index (χ0n) is 10.2. The topological polar surface area (TPSA) is 45.3 Å². The van der Waals surface area contributed by atoms with Gasteiger partial charge >= 0.3 is 0 Å². The van der Waals surface area contributed by atoms with E-state index >= 15 is 0 Å². The van der Waals surface area contributed by atoms with E-state index in [0.29, 0.717) is 15.2 Å². The summed E-state index contributed by atoms with van der Waals surface area (Å²) < 4.78 is 5.49. The number of ether oxygens (including phenoxy) is 1. The number of halogens is 2. The van der Waals surface area contributed by atoms with Gasteiger partial charge in [0.05, 0.1) is 21.8 Å². The molecule has 0 spiro atoms. The quantitative estimate of drug-likeness (QED) is 0.588. The first kappa shape index (κ1) is 14.7. The van der Waals surface area contributed by atoms with Crippen LogP contribution in [0.1, 0.15) is 12.8 Å². The summed E-state index contributed by atoms with van der Waals surface area (Å²) in [6.07, 6.45) is 2.45. The Morgan fingerprint density at radius 1 is 1.37 bits per heavy atom. The maximum absolute atomic E-state index is 5.91. The fourth-order valence-corrected chi connectivity index (χ4v) is 2.19. The predicted octanol–water partition coefficient (Wildman–Crippen LogP) is 2.96. The number of hydrogen-bond donors (Lipinski definition) is 3. The summed E-state index contributed by atoms with van der Waals surface area (Å²) >= 11 is 16.9. The van der Waals surface area contributed by atoms with Crippen LogP contribution >= 0.6 is 35.4 Å². The number of hydrazine groups is 1. The van der Waals surface area contributed by atoms with Crippen LogP contribution in [-0.4, -0.2) is 24.4 Å². The van der Waals surface area contributed by atoms with Crippen LogP contribution < -0.4 is 16.2 Å². The van der Waals surface area contributed by atoms with Crippen molar-refractivity contribution in [2.45, 2.75) is 18.9 Å². The van der Waals surface area contributed by atoms with Crippen molar-refractivity contribution in [3.8, 4) is 0 Å². The molecule has 1 heterocycles. The Balaban J connectivity index is 1.71. The predicted molar refractivity (Wildman–Crippen MR) is 82.8 cm³/mol. The molecule has 7 heteroatoms. The normalized spacial score (nSPS) is 18.1. The molecule has 1 aromatic rings. The molecule has 0 saturated carbocycles. The van der Waals surface area contributed by atoms with E-state index in [1.807, 2.05) is 6.07 Å². The van der Waals surface area contributed by atoms with Crippen LogP contribution in [0.25, 0.3) is 0 Å². The minimum absolute atomic E-state index is 0.254. The van der Waals surface area contributed by atoms with Gasteiger partial charge in [-0.1, -0.05) is 23.2 Å². The van der Waals surface area contributed by atoms with Crippen molar-refractivity contribution in [2.24, 2.45) is 0 Å². The van der Waals surface area contributed by atoms with E-state index < -0.39 is 0 Å². The summed E-state index contributed by atoms with van der Waals surface area (Å²) in [4.78, 5) is 0. The van der Waals surface area contributed by atoms with Crippen molar-refractivity contribution in [3.63, 3.8) is 0 Å². The van der Waals surface area contributed by atoms with Gasteiger partial charge in [-0.25, -0.2) is 0 Å². The van der Waals surface area contributed by atoms with Crippen LogP contribution in [0.15, 0.2) is 18.2 Å². The molecule has 1 atom stereocenters. The second-order valence-corrected chi connectivity index (χ2v) is 5.45. The molecule has 0 bridgehead atoms. The van der Waals surface area contributed by atoms with Crippen molar-refractivity contribution < 1.29 is 4.74 Å². The molecule has 0 aliphatic carbocycles. The van der Waals surface area contributed by atoms with E-state index in [9.17, 15) is 0 Å². The van der Waals surface area contributed by atoms with Crippen LogP contribution in [0.5, 0.6) is 0 Å². The Hall–Kier alpha value is -0.750. The Kier molecular flexibility index (Phi) is 5.51. The molecule has 0 amide bonds. The molecular formula is C12H15Cl2N3OS. The molecule has 1 aromatic carbocycles. The molecule has 0 radical (unpaired) electrons. The molecular weight excluding hydrogens is 305 g/mol. The third kappa shape index (κ3) is 4.69. The highest BCUT2D eigenvalue weighted by molar-refractivity contribution is 7.80. The summed E-state index contributed by atoms with van der Waals surface area (Å²) in [5.41, 5.74) is 6.62. The first-order chi connectivity index (χ1) is 9.15. The molecule has 1 saturated heterocycles. The Bertz CT molecular complexity index is 453. The van der Waals surface area contributed by atoms with Gasteiger partial charge in [0.15, 0.2) is 5.11 Å². The molecule has 104 valence electrons. The smallest absolute Gasteiger partial charge is 0.185 e. The van der Waals surface area contributed by atoms with E-state index in [-0.39, 0.29) is 6.10 Å². The molecule has 19 heavy (non-hydrogen) atoms. The summed E-state index contributed by atoms with van der Waals surface area (Å²) in [5, 5.41) is 4.62. The van der Waals surface area contributed by atoms with Gasteiger partial charge in [-0.15, -0.1) is 0 Å². The average molecular weight is 320 g/mol. The second kappa shape index (κ2) is 7.14. The van der Waals surface area contributed by atoms with Crippen LogP contribution in [0.4, 0.5) is 5.69 Å². The zero-order chi connectivity index (χ0) is 13.7. The van der Waals surface area contributed by atoms with E-state index in [0.717, 1.165) is 31.7 Å². The lowest BCUT2D eigenvalue weighted by atomic mass is 10.2. The summed E-state index contributed by atoms with van der Waals surface area (Å²) in [7, 11) is 0. The maximum atomic E-state index is 5.91. The third-order valence-corrected chi connectivity index (χ3v) is 3.74. The maximum Gasteiger partial charge on any atom is 0.185 e. The Morgan fingerprint density at radius 3 is 2.89 bits per heavy atom. The zero-order valence-corrected chi connectivity index (χ0v) is 12.5. The number of nitrogens with one attached hydrogen (secondary N) is 3. The van der Waals surface area contributed by atoms with E-state index in [2.05, 4.69) is 16.2 Å². The first-order valence-electron chi connectivity index (χ1n) is 6.01. The molecule has 4 nitrogen and oxygen atoms in total. The van der Waals surface area contributed by atoms with Gasteiger partial charge in [0.2, 0.25) is 0 Å². The molecule has 1 aliphatic heterocycles. The number of thiocarbonyl (C=S) groups is 1. The standard InChI is InChI=1S/C12H15Cl2N3OS/c13-10-4-3-8(6-11(10)14)16-17-12(19)15-7-9-2-1-5-18-9/h3-4,6,9,16H,1-2,5,7H2,(H2,15,17,19)/t9-/m0/s1. The molecule has 3 N–H and O–H groups in total. The number of benzene rings is 1. The average Bonchev–Trinajstić information content (AvgIpc) is 2.91. The second-order valence-electron chi connectivity index (χ2n) is 4.22. The lowest BCUT2D eigenvalue weighted by molar-refractivity contribution is 0.114. The number of anilines is 1. The minimum Gasteiger partial charge on any atom is -0.376 e. The highest BCUT2D eigenvalue weighted by atomic mass is 35.5. The van der Waals surface area contributed by atoms with Gasteiger partial charge in [-0.2, -0.15) is 0 Å². The lowest BCUT2D eigenvalue weighted by Crippen LogP contribution is -2.41. The third-order valence-electron chi connectivity index (χ3n) is 2.75. The molecule has 1 aliphatic rings. The Morgan fingerprint density at radius 2 is 2.21 bits per heavy atom. The van der Waals surface area contributed by atoms with E-state index in [1.54, 1.807) is 12.1 Å². The molecule has 0 aromatic heterocycles. The molecule has 2 rings (SSSR count). The molecule has 1 fully saturated rings. The fourth-order valence-electron chi connectivity index (χ4n) is 1.76. The monoisotopic (exact) mass is 319 g/mol. The van der Waals surface area contributed by atoms with Crippen LogP contribution in [0.2, 0.25) is 10.0 Å². The number of rotatable bonds is 4. The highest BCUT2D eigenvalue weighted by Crippen LogP contribution is 2.24. The van der Waals surface area contributed by atoms with Crippen molar-refractivity contribution in [1.82, 2.24) is 10.7 Å². The van der Waals surface area contributed by atoms with Gasteiger partial charge in [0.25, 0.3) is 0 Å².